The fourth-order valence-corrected chi connectivity index (χ4v) is 2.88. The number of anilines is 1. The molecule has 3 rings (SSSR count). The lowest BCUT2D eigenvalue weighted by Crippen LogP contribution is -2.27. The molecule has 2 fully saturated rings. The third kappa shape index (κ3) is 2.87. The van der Waals surface area contributed by atoms with Gasteiger partial charge in [-0.15, -0.1) is 0 Å². The maximum absolute atomic E-state index is 13.8. The molecule has 102 valence electrons. The van der Waals surface area contributed by atoms with Crippen LogP contribution in [0.2, 0.25) is 0 Å². The average Bonchev–Trinajstić information content (AvgIpc) is 3.10. The third-order valence-electron chi connectivity index (χ3n) is 3.89. The van der Waals surface area contributed by atoms with Gasteiger partial charge in [-0.1, -0.05) is 12.2 Å². The molecule has 5 heteroatoms. The first kappa shape index (κ1) is 12.8. The molecular formula is C14H18FN3S. The molecule has 1 aliphatic carbocycles. The number of likely N-dealkylation sites (tertiary alicyclic amines) is 1. The van der Waals surface area contributed by atoms with Gasteiger partial charge in [-0.2, -0.15) is 0 Å². The van der Waals surface area contributed by atoms with Gasteiger partial charge in [0, 0.05) is 36.4 Å². The van der Waals surface area contributed by atoms with Crippen LogP contribution in [-0.4, -0.2) is 35.1 Å². The molecule has 19 heavy (non-hydrogen) atoms. The number of nitrogens with two attached hydrogens (primary N) is 1. The van der Waals surface area contributed by atoms with Gasteiger partial charge in [-0.05, 0) is 37.5 Å². The van der Waals surface area contributed by atoms with Gasteiger partial charge in [-0.25, -0.2) is 4.39 Å². The standard InChI is InChI=1S/C14H18FN3S/c15-13-7-9(1-4-12(13)14(16)19)17-10-5-6-18(8-10)11-2-3-11/h1,4,7,10-11,17H,2-3,5-6,8H2,(H2,16,19). The number of thiocarbonyl (C=S) groups is 1. The van der Waals surface area contributed by atoms with Crippen molar-refractivity contribution >= 4 is 22.9 Å². The van der Waals surface area contributed by atoms with Crippen molar-refractivity contribution in [3.63, 3.8) is 0 Å². The Kier molecular flexibility index (Phi) is 3.41. The quantitative estimate of drug-likeness (QED) is 0.828. The smallest absolute Gasteiger partial charge is 0.135 e. The van der Waals surface area contributed by atoms with E-state index in [0.29, 0.717) is 11.6 Å². The number of nitrogens with one attached hydrogen (secondary N) is 1. The van der Waals surface area contributed by atoms with Crippen LogP contribution in [0.5, 0.6) is 0 Å². The van der Waals surface area contributed by atoms with E-state index in [0.717, 1.165) is 31.2 Å². The lowest BCUT2D eigenvalue weighted by atomic mass is 10.1. The Morgan fingerprint density at radius 2 is 2.16 bits per heavy atom. The first-order valence-electron chi connectivity index (χ1n) is 6.73. The van der Waals surface area contributed by atoms with Crippen LogP contribution in [0.3, 0.4) is 0 Å². The van der Waals surface area contributed by atoms with Gasteiger partial charge >= 0.3 is 0 Å². The van der Waals surface area contributed by atoms with E-state index in [1.807, 2.05) is 6.07 Å². The third-order valence-corrected chi connectivity index (χ3v) is 4.11. The molecule has 1 unspecified atom stereocenters. The van der Waals surface area contributed by atoms with Crippen LogP contribution in [0.25, 0.3) is 0 Å². The molecule has 0 radical (unpaired) electrons. The zero-order chi connectivity index (χ0) is 13.4. The van der Waals surface area contributed by atoms with Crippen LogP contribution < -0.4 is 11.1 Å². The summed E-state index contributed by atoms with van der Waals surface area (Å²) in [5.74, 6) is -0.352. The summed E-state index contributed by atoms with van der Waals surface area (Å²) in [6, 6.07) is 6.19. The fraction of sp³-hybridized carbons (Fsp3) is 0.500. The Labute approximate surface area is 118 Å². The highest BCUT2D eigenvalue weighted by Gasteiger charge is 2.34. The summed E-state index contributed by atoms with van der Waals surface area (Å²) in [6.07, 6.45) is 3.79. The molecule has 3 N–H and O–H groups in total. The lowest BCUT2D eigenvalue weighted by Gasteiger charge is -2.17. The van der Waals surface area contributed by atoms with Crippen molar-refractivity contribution in [3.8, 4) is 0 Å². The van der Waals surface area contributed by atoms with Gasteiger partial charge in [0.2, 0.25) is 0 Å². The van der Waals surface area contributed by atoms with Crippen molar-refractivity contribution in [2.24, 2.45) is 5.73 Å². The maximum Gasteiger partial charge on any atom is 0.135 e. The SMILES string of the molecule is NC(=S)c1ccc(NC2CCN(C3CC3)C2)cc1F. The highest BCUT2D eigenvalue weighted by Crippen LogP contribution is 2.30. The molecule has 0 amide bonds. The van der Waals surface area contributed by atoms with Crippen molar-refractivity contribution in [2.75, 3.05) is 18.4 Å². The number of benzene rings is 1. The van der Waals surface area contributed by atoms with E-state index in [4.69, 9.17) is 18.0 Å². The molecular weight excluding hydrogens is 261 g/mol. The van der Waals surface area contributed by atoms with Crippen molar-refractivity contribution < 1.29 is 4.39 Å². The van der Waals surface area contributed by atoms with E-state index >= 15 is 0 Å². The van der Waals surface area contributed by atoms with E-state index in [-0.39, 0.29) is 10.8 Å². The average molecular weight is 279 g/mol. The van der Waals surface area contributed by atoms with Crippen molar-refractivity contribution in [2.45, 2.75) is 31.3 Å². The Hall–Kier alpha value is -1.20. The van der Waals surface area contributed by atoms with E-state index in [2.05, 4.69) is 10.2 Å². The first-order valence-corrected chi connectivity index (χ1v) is 7.14. The zero-order valence-corrected chi connectivity index (χ0v) is 11.5. The van der Waals surface area contributed by atoms with Crippen LogP contribution in [0, 0.1) is 5.82 Å². The minimum atomic E-state index is -0.352. The molecule has 1 aromatic rings. The molecule has 3 nitrogen and oxygen atoms in total. The molecule has 0 aromatic heterocycles. The number of nitrogens with zero attached hydrogens (tertiary/aromatic N) is 1. The summed E-state index contributed by atoms with van der Waals surface area (Å²) in [4.78, 5) is 2.63. The van der Waals surface area contributed by atoms with E-state index in [1.165, 1.54) is 18.9 Å². The summed E-state index contributed by atoms with van der Waals surface area (Å²) in [5, 5.41) is 3.39. The van der Waals surface area contributed by atoms with Crippen LogP contribution in [0.4, 0.5) is 10.1 Å². The highest BCUT2D eigenvalue weighted by atomic mass is 32.1. The van der Waals surface area contributed by atoms with Crippen molar-refractivity contribution in [1.82, 2.24) is 4.90 Å². The number of hydrogen-bond donors (Lipinski definition) is 2. The molecule has 1 heterocycles. The molecule has 1 atom stereocenters. The second kappa shape index (κ2) is 5.06. The molecule has 1 aliphatic heterocycles. The van der Waals surface area contributed by atoms with E-state index < -0.39 is 0 Å². The second-order valence-corrected chi connectivity index (χ2v) is 5.85. The van der Waals surface area contributed by atoms with Gasteiger partial charge in [0.05, 0.1) is 0 Å². The maximum atomic E-state index is 13.8. The van der Waals surface area contributed by atoms with Crippen LogP contribution >= 0.6 is 12.2 Å². The van der Waals surface area contributed by atoms with Gasteiger partial charge in [0.1, 0.15) is 10.8 Å². The van der Waals surface area contributed by atoms with Crippen LogP contribution in [0.15, 0.2) is 18.2 Å². The van der Waals surface area contributed by atoms with Gasteiger partial charge in [0.25, 0.3) is 0 Å². The minimum Gasteiger partial charge on any atom is -0.389 e. The molecule has 0 spiro atoms. The summed E-state index contributed by atoms with van der Waals surface area (Å²) in [7, 11) is 0. The minimum absolute atomic E-state index is 0.102. The van der Waals surface area contributed by atoms with Gasteiger partial charge in [0.15, 0.2) is 0 Å². The largest absolute Gasteiger partial charge is 0.389 e. The molecule has 0 bridgehead atoms. The summed E-state index contributed by atoms with van der Waals surface area (Å²) >= 11 is 4.80. The Morgan fingerprint density at radius 3 is 2.79 bits per heavy atom. The Balaban J connectivity index is 1.63. The van der Waals surface area contributed by atoms with Crippen molar-refractivity contribution in [1.29, 1.82) is 0 Å². The number of rotatable bonds is 4. The molecule has 2 aliphatic rings. The fourth-order valence-electron chi connectivity index (χ4n) is 2.72. The van der Waals surface area contributed by atoms with Gasteiger partial charge < -0.3 is 11.1 Å². The predicted molar refractivity (Wildman–Crippen MR) is 78.9 cm³/mol. The summed E-state index contributed by atoms with van der Waals surface area (Å²) in [5.41, 5.74) is 6.57. The normalized spacial score (nSPS) is 23.5. The second-order valence-electron chi connectivity index (χ2n) is 5.41. The topological polar surface area (TPSA) is 41.3 Å². The predicted octanol–water partition coefficient (Wildman–Crippen LogP) is 2.11. The lowest BCUT2D eigenvalue weighted by molar-refractivity contribution is 0.326. The van der Waals surface area contributed by atoms with Crippen LogP contribution in [-0.2, 0) is 0 Å². The Bertz CT molecular complexity index is 501. The van der Waals surface area contributed by atoms with Crippen LogP contribution in [0.1, 0.15) is 24.8 Å². The summed E-state index contributed by atoms with van der Waals surface area (Å²) in [6.45, 7) is 2.21. The van der Waals surface area contributed by atoms with Gasteiger partial charge in [-0.3, -0.25) is 4.90 Å². The molecule has 1 saturated carbocycles. The van der Waals surface area contributed by atoms with E-state index in [1.54, 1.807) is 6.07 Å². The highest BCUT2D eigenvalue weighted by molar-refractivity contribution is 7.80. The first-order chi connectivity index (χ1) is 9.13. The number of halogens is 1. The number of hydrogen-bond acceptors (Lipinski definition) is 3. The monoisotopic (exact) mass is 279 g/mol. The zero-order valence-electron chi connectivity index (χ0n) is 10.7. The molecule has 1 aromatic carbocycles. The Morgan fingerprint density at radius 1 is 1.37 bits per heavy atom. The van der Waals surface area contributed by atoms with Crippen molar-refractivity contribution in [3.05, 3.63) is 29.6 Å². The molecule has 1 saturated heterocycles. The van der Waals surface area contributed by atoms with E-state index in [9.17, 15) is 4.39 Å². The summed E-state index contributed by atoms with van der Waals surface area (Å²) < 4.78 is 13.8.